The lowest BCUT2D eigenvalue weighted by Crippen LogP contribution is -2.45. The second kappa shape index (κ2) is 4.19. The largest absolute Gasteiger partial charge is 0.387 e. The van der Waals surface area contributed by atoms with Crippen molar-refractivity contribution in [3.8, 4) is 0 Å². The van der Waals surface area contributed by atoms with Crippen LogP contribution in [0.25, 0.3) is 0 Å². The number of aliphatic hydroxyl groups is 1. The lowest BCUT2D eigenvalue weighted by atomic mass is 9.75. The first-order chi connectivity index (χ1) is 6.41. The molecule has 1 aliphatic heterocycles. The smallest absolute Gasteiger partial charge is 0.0957 e. The summed E-state index contributed by atoms with van der Waals surface area (Å²) in [7, 11) is 0. The molecule has 1 saturated heterocycles. The van der Waals surface area contributed by atoms with Gasteiger partial charge < -0.3 is 9.84 Å². The summed E-state index contributed by atoms with van der Waals surface area (Å²) in [5.41, 5.74) is -0.616. The lowest BCUT2D eigenvalue weighted by Gasteiger charge is -2.36. The van der Waals surface area contributed by atoms with E-state index in [-0.39, 0.29) is 12.2 Å². The molecule has 0 aromatic rings. The molecular formula is C12H24O2. The molecule has 1 aliphatic rings. The van der Waals surface area contributed by atoms with Crippen LogP contribution >= 0.6 is 0 Å². The molecule has 84 valence electrons. The Morgan fingerprint density at radius 3 is 2.36 bits per heavy atom. The van der Waals surface area contributed by atoms with Crippen molar-refractivity contribution in [2.24, 2.45) is 11.8 Å². The predicted molar refractivity (Wildman–Crippen MR) is 58.2 cm³/mol. The van der Waals surface area contributed by atoms with Crippen LogP contribution in [0.4, 0.5) is 0 Å². The molecule has 0 radical (unpaired) electrons. The SMILES string of the molecule is CCC(C)C(C)C1(O)CC(C)OC1C. The van der Waals surface area contributed by atoms with Crippen LogP contribution in [0.5, 0.6) is 0 Å². The first-order valence-corrected chi connectivity index (χ1v) is 5.79. The number of ether oxygens (including phenoxy) is 1. The zero-order valence-electron chi connectivity index (χ0n) is 10.1. The van der Waals surface area contributed by atoms with E-state index in [1.54, 1.807) is 0 Å². The van der Waals surface area contributed by atoms with E-state index in [1.807, 2.05) is 13.8 Å². The summed E-state index contributed by atoms with van der Waals surface area (Å²) >= 11 is 0. The summed E-state index contributed by atoms with van der Waals surface area (Å²) in [6.07, 6.45) is 2.06. The third-order valence-corrected chi connectivity index (χ3v) is 4.04. The molecule has 0 bridgehead atoms. The monoisotopic (exact) mass is 200 g/mol. The van der Waals surface area contributed by atoms with Gasteiger partial charge in [-0.1, -0.05) is 27.2 Å². The van der Waals surface area contributed by atoms with Crippen molar-refractivity contribution < 1.29 is 9.84 Å². The molecular weight excluding hydrogens is 176 g/mol. The van der Waals surface area contributed by atoms with Gasteiger partial charge in [-0.25, -0.2) is 0 Å². The van der Waals surface area contributed by atoms with Crippen molar-refractivity contribution in [1.82, 2.24) is 0 Å². The van der Waals surface area contributed by atoms with Crippen LogP contribution in [0.1, 0.15) is 47.5 Å². The Morgan fingerprint density at radius 2 is 2.00 bits per heavy atom. The zero-order valence-corrected chi connectivity index (χ0v) is 10.1. The van der Waals surface area contributed by atoms with E-state index in [9.17, 15) is 5.11 Å². The molecule has 0 saturated carbocycles. The van der Waals surface area contributed by atoms with E-state index < -0.39 is 5.60 Å². The number of hydrogen-bond acceptors (Lipinski definition) is 2. The van der Waals surface area contributed by atoms with Gasteiger partial charge in [-0.2, -0.15) is 0 Å². The molecule has 1 heterocycles. The summed E-state index contributed by atoms with van der Waals surface area (Å²) in [5, 5.41) is 10.6. The minimum atomic E-state index is -0.616. The first kappa shape index (κ1) is 12.0. The van der Waals surface area contributed by atoms with E-state index in [2.05, 4.69) is 20.8 Å². The maximum absolute atomic E-state index is 10.6. The topological polar surface area (TPSA) is 29.5 Å². The highest BCUT2D eigenvalue weighted by Gasteiger charge is 2.48. The van der Waals surface area contributed by atoms with Gasteiger partial charge in [-0.15, -0.1) is 0 Å². The molecule has 0 aliphatic carbocycles. The molecule has 2 heteroatoms. The maximum atomic E-state index is 10.6. The van der Waals surface area contributed by atoms with Crippen molar-refractivity contribution >= 4 is 0 Å². The quantitative estimate of drug-likeness (QED) is 0.759. The highest BCUT2D eigenvalue weighted by atomic mass is 16.5. The second-order valence-electron chi connectivity index (χ2n) is 4.96. The van der Waals surface area contributed by atoms with Crippen LogP contribution in [-0.4, -0.2) is 22.9 Å². The van der Waals surface area contributed by atoms with Gasteiger partial charge in [0.1, 0.15) is 0 Å². The van der Waals surface area contributed by atoms with Gasteiger partial charge in [0.15, 0.2) is 0 Å². The van der Waals surface area contributed by atoms with E-state index in [0.717, 1.165) is 12.8 Å². The van der Waals surface area contributed by atoms with Gasteiger partial charge in [-0.05, 0) is 25.7 Å². The van der Waals surface area contributed by atoms with Gasteiger partial charge in [-0.3, -0.25) is 0 Å². The van der Waals surface area contributed by atoms with Gasteiger partial charge >= 0.3 is 0 Å². The third kappa shape index (κ3) is 1.96. The van der Waals surface area contributed by atoms with Crippen LogP contribution in [0, 0.1) is 11.8 Å². The Morgan fingerprint density at radius 1 is 1.43 bits per heavy atom. The average molecular weight is 200 g/mol. The fraction of sp³-hybridized carbons (Fsp3) is 1.00. The van der Waals surface area contributed by atoms with Crippen LogP contribution in [-0.2, 0) is 4.74 Å². The second-order valence-corrected chi connectivity index (χ2v) is 4.96. The Hall–Kier alpha value is -0.0800. The Kier molecular flexibility index (Phi) is 3.59. The number of rotatable bonds is 3. The van der Waals surface area contributed by atoms with Crippen LogP contribution in [0.2, 0.25) is 0 Å². The first-order valence-electron chi connectivity index (χ1n) is 5.79. The molecule has 5 unspecified atom stereocenters. The van der Waals surface area contributed by atoms with Crippen molar-refractivity contribution in [3.05, 3.63) is 0 Å². The minimum Gasteiger partial charge on any atom is -0.387 e. The third-order valence-electron chi connectivity index (χ3n) is 4.04. The Balaban J connectivity index is 2.73. The Labute approximate surface area is 87.7 Å². The van der Waals surface area contributed by atoms with Crippen molar-refractivity contribution in [2.75, 3.05) is 0 Å². The molecule has 2 nitrogen and oxygen atoms in total. The lowest BCUT2D eigenvalue weighted by molar-refractivity contribution is -0.0819. The maximum Gasteiger partial charge on any atom is 0.0957 e. The van der Waals surface area contributed by atoms with Crippen molar-refractivity contribution in [3.63, 3.8) is 0 Å². The molecule has 0 spiro atoms. The van der Waals surface area contributed by atoms with E-state index >= 15 is 0 Å². The highest BCUT2D eigenvalue weighted by molar-refractivity contribution is 4.97. The molecule has 0 aromatic heterocycles. The summed E-state index contributed by atoms with van der Waals surface area (Å²) in [6.45, 7) is 10.6. The summed E-state index contributed by atoms with van der Waals surface area (Å²) in [6, 6.07) is 0. The van der Waals surface area contributed by atoms with Crippen molar-refractivity contribution in [1.29, 1.82) is 0 Å². The highest BCUT2D eigenvalue weighted by Crippen LogP contribution is 2.40. The molecule has 0 aromatic carbocycles. The van der Waals surface area contributed by atoms with Gasteiger partial charge in [0, 0.05) is 6.42 Å². The van der Waals surface area contributed by atoms with E-state index in [0.29, 0.717) is 11.8 Å². The molecule has 1 rings (SSSR count). The van der Waals surface area contributed by atoms with Gasteiger partial charge in [0.2, 0.25) is 0 Å². The standard InChI is InChI=1S/C12H24O2/c1-6-8(2)10(4)12(13)7-9(3)14-11(12)5/h8-11,13H,6-7H2,1-5H3. The van der Waals surface area contributed by atoms with Crippen molar-refractivity contribution in [2.45, 2.75) is 65.3 Å². The van der Waals surface area contributed by atoms with Crippen LogP contribution in [0.15, 0.2) is 0 Å². The summed E-state index contributed by atoms with van der Waals surface area (Å²) < 4.78 is 5.64. The predicted octanol–water partition coefficient (Wildman–Crippen LogP) is 2.60. The zero-order chi connectivity index (χ0) is 10.9. The molecule has 5 atom stereocenters. The minimum absolute atomic E-state index is 0.0264. The molecule has 0 amide bonds. The van der Waals surface area contributed by atoms with E-state index in [1.165, 1.54) is 0 Å². The number of hydrogen-bond donors (Lipinski definition) is 1. The molecule has 1 N–H and O–H groups in total. The fourth-order valence-electron chi connectivity index (χ4n) is 2.54. The van der Waals surface area contributed by atoms with E-state index in [4.69, 9.17) is 4.74 Å². The molecule has 14 heavy (non-hydrogen) atoms. The van der Waals surface area contributed by atoms with Crippen LogP contribution in [0.3, 0.4) is 0 Å². The van der Waals surface area contributed by atoms with Gasteiger partial charge in [0.05, 0.1) is 17.8 Å². The van der Waals surface area contributed by atoms with Crippen LogP contribution < -0.4 is 0 Å². The normalized spacial score (nSPS) is 42.4. The summed E-state index contributed by atoms with van der Waals surface area (Å²) in [4.78, 5) is 0. The summed E-state index contributed by atoms with van der Waals surface area (Å²) in [5.74, 6) is 0.865. The Bertz CT molecular complexity index is 193. The fourth-order valence-corrected chi connectivity index (χ4v) is 2.54. The average Bonchev–Trinajstić information content (AvgIpc) is 2.39. The molecule has 1 fully saturated rings. The van der Waals surface area contributed by atoms with Gasteiger partial charge in [0.25, 0.3) is 0 Å².